The van der Waals surface area contributed by atoms with Crippen molar-refractivity contribution < 1.29 is 14.6 Å². The van der Waals surface area contributed by atoms with Gasteiger partial charge in [0.25, 0.3) is 0 Å². The third kappa shape index (κ3) is 2.37. The Kier molecular flexibility index (Phi) is 3.16. The van der Waals surface area contributed by atoms with Gasteiger partial charge in [-0.1, -0.05) is 0 Å². The average Bonchev–Trinajstić information content (AvgIpc) is 2.58. The van der Waals surface area contributed by atoms with Gasteiger partial charge in [-0.15, -0.1) is 0 Å². The highest BCUT2D eigenvalue weighted by atomic mass is 16.5. The predicted molar refractivity (Wildman–Crippen MR) is 70.6 cm³/mol. The van der Waals surface area contributed by atoms with E-state index in [0.29, 0.717) is 11.5 Å². The zero-order chi connectivity index (χ0) is 14.2. The molecule has 0 radical (unpaired) electrons. The van der Waals surface area contributed by atoms with Gasteiger partial charge in [-0.3, -0.25) is 4.68 Å². The van der Waals surface area contributed by atoms with Gasteiger partial charge in [0.05, 0.1) is 11.3 Å². The number of benzene rings is 1. The van der Waals surface area contributed by atoms with E-state index in [1.807, 2.05) is 20.9 Å². The van der Waals surface area contributed by atoms with Crippen LogP contribution in [-0.4, -0.2) is 20.9 Å². The Morgan fingerprint density at radius 1 is 1.42 bits per heavy atom. The van der Waals surface area contributed by atoms with E-state index in [2.05, 4.69) is 5.10 Å². The molecule has 0 saturated carbocycles. The SMILES string of the molecule is Cc1nn(C)c(C)c1Oc1ccc(N)c(C(=O)O)c1. The molecule has 0 spiro atoms. The number of hydrogen-bond donors (Lipinski definition) is 2. The molecule has 3 N–H and O–H groups in total. The fraction of sp³-hybridized carbons (Fsp3) is 0.231. The maximum atomic E-state index is 11.0. The number of carboxylic acid groups (broad SMARTS) is 1. The zero-order valence-corrected chi connectivity index (χ0v) is 11.0. The summed E-state index contributed by atoms with van der Waals surface area (Å²) in [6, 6.07) is 4.55. The molecule has 0 aliphatic rings. The quantitative estimate of drug-likeness (QED) is 0.826. The van der Waals surface area contributed by atoms with Gasteiger partial charge >= 0.3 is 5.97 Å². The summed E-state index contributed by atoms with van der Waals surface area (Å²) < 4.78 is 7.41. The van der Waals surface area contributed by atoms with Gasteiger partial charge in [-0.25, -0.2) is 4.79 Å². The first-order valence-corrected chi connectivity index (χ1v) is 5.71. The maximum absolute atomic E-state index is 11.0. The molecule has 6 heteroatoms. The molecular weight excluding hydrogens is 246 g/mol. The van der Waals surface area contributed by atoms with Gasteiger partial charge in [0.1, 0.15) is 11.4 Å². The van der Waals surface area contributed by atoms with E-state index in [1.165, 1.54) is 12.1 Å². The molecule has 0 bridgehead atoms. The fourth-order valence-corrected chi connectivity index (χ4v) is 1.80. The van der Waals surface area contributed by atoms with Crippen molar-refractivity contribution in [2.75, 3.05) is 5.73 Å². The number of nitrogen functional groups attached to an aromatic ring is 1. The maximum Gasteiger partial charge on any atom is 0.337 e. The Balaban J connectivity index is 2.39. The third-order valence-electron chi connectivity index (χ3n) is 2.92. The Morgan fingerprint density at radius 2 is 2.11 bits per heavy atom. The van der Waals surface area contributed by atoms with Crippen LogP contribution in [0.25, 0.3) is 0 Å². The molecule has 0 aliphatic heterocycles. The second-order valence-corrected chi connectivity index (χ2v) is 4.28. The van der Waals surface area contributed by atoms with Gasteiger partial charge in [0, 0.05) is 12.7 Å². The van der Waals surface area contributed by atoms with Crippen LogP contribution in [0, 0.1) is 13.8 Å². The molecule has 1 aromatic carbocycles. The molecule has 0 fully saturated rings. The van der Waals surface area contributed by atoms with Crippen LogP contribution in [-0.2, 0) is 7.05 Å². The van der Waals surface area contributed by atoms with Crippen molar-refractivity contribution in [2.45, 2.75) is 13.8 Å². The molecule has 1 heterocycles. The minimum atomic E-state index is -1.08. The average molecular weight is 261 g/mol. The normalized spacial score (nSPS) is 10.5. The lowest BCUT2D eigenvalue weighted by molar-refractivity contribution is 0.0697. The minimum Gasteiger partial charge on any atom is -0.478 e. The van der Waals surface area contributed by atoms with Crippen LogP contribution in [0.5, 0.6) is 11.5 Å². The number of nitrogens with zero attached hydrogens (tertiary/aromatic N) is 2. The van der Waals surface area contributed by atoms with E-state index in [1.54, 1.807) is 10.7 Å². The lowest BCUT2D eigenvalue weighted by atomic mass is 10.2. The molecule has 0 unspecified atom stereocenters. The number of aromatic nitrogens is 2. The van der Waals surface area contributed by atoms with E-state index in [-0.39, 0.29) is 11.3 Å². The van der Waals surface area contributed by atoms with E-state index in [4.69, 9.17) is 15.6 Å². The number of nitrogens with two attached hydrogens (primary N) is 1. The number of carbonyl (C=O) groups is 1. The van der Waals surface area contributed by atoms with Gasteiger partial charge in [0.15, 0.2) is 5.75 Å². The Labute approximate surface area is 110 Å². The lowest BCUT2D eigenvalue weighted by Gasteiger charge is -2.08. The van der Waals surface area contributed by atoms with Crippen LogP contribution in [0.4, 0.5) is 5.69 Å². The van der Waals surface area contributed by atoms with Crippen LogP contribution in [0.2, 0.25) is 0 Å². The molecule has 2 rings (SSSR count). The molecular formula is C13H15N3O3. The number of anilines is 1. The van der Waals surface area contributed by atoms with Crippen LogP contribution in [0.1, 0.15) is 21.7 Å². The minimum absolute atomic E-state index is 0.0247. The van der Waals surface area contributed by atoms with Gasteiger partial charge in [0.2, 0.25) is 0 Å². The number of ether oxygens (including phenoxy) is 1. The van der Waals surface area contributed by atoms with Crippen LogP contribution >= 0.6 is 0 Å². The Morgan fingerprint density at radius 3 is 2.63 bits per heavy atom. The fourth-order valence-electron chi connectivity index (χ4n) is 1.80. The van der Waals surface area contributed by atoms with Crippen molar-refractivity contribution in [1.29, 1.82) is 0 Å². The van der Waals surface area contributed by atoms with Crippen molar-refractivity contribution in [3.8, 4) is 11.5 Å². The number of aromatic carboxylic acids is 1. The Bertz CT molecular complexity index is 647. The highest BCUT2D eigenvalue weighted by Gasteiger charge is 2.14. The molecule has 19 heavy (non-hydrogen) atoms. The highest BCUT2D eigenvalue weighted by molar-refractivity contribution is 5.94. The number of carboxylic acids is 1. The van der Waals surface area contributed by atoms with Crippen molar-refractivity contribution in [2.24, 2.45) is 7.05 Å². The van der Waals surface area contributed by atoms with Crippen LogP contribution in [0.3, 0.4) is 0 Å². The molecule has 6 nitrogen and oxygen atoms in total. The third-order valence-corrected chi connectivity index (χ3v) is 2.92. The summed E-state index contributed by atoms with van der Waals surface area (Å²) in [6.45, 7) is 3.71. The lowest BCUT2D eigenvalue weighted by Crippen LogP contribution is -2.02. The van der Waals surface area contributed by atoms with E-state index < -0.39 is 5.97 Å². The van der Waals surface area contributed by atoms with Gasteiger partial charge in [-0.05, 0) is 32.0 Å². The first kappa shape index (κ1) is 12.9. The Hall–Kier alpha value is -2.50. The highest BCUT2D eigenvalue weighted by Crippen LogP contribution is 2.29. The largest absolute Gasteiger partial charge is 0.478 e. The monoisotopic (exact) mass is 261 g/mol. The standard InChI is InChI=1S/C13H15N3O3/c1-7-12(8(2)16(3)15-7)19-9-4-5-11(14)10(6-9)13(17)18/h4-6H,14H2,1-3H3,(H,17,18). The van der Waals surface area contributed by atoms with Crippen molar-refractivity contribution in [3.63, 3.8) is 0 Å². The molecule has 1 aromatic heterocycles. The van der Waals surface area contributed by atoms with Crippen molar-refractivity contribution in [1.82, 2.24) is 9.78 Å². The molecule has 0 amide bonds. The summed E-state index contributed by atoms with van der Waals surface area (Å²) in [4.78, 5) is 11.0. The van der Waals surface area contributed by atoms with E-state index in [0.717, 1.165) is 11.4 Å². The van der Waals surface area contributed by atoms with Crippen molar-refractivity contribution >= 4 is 11.7 Å². The molecule has 100 valence electrons. The summed E-state index contributed by atoms with van der Waals surface area (Å²) in [5.74, 6) is -0.0306. The predicted octanol–water partition coefficient (Wildman–Crippen LogP) is 2.11. The van der Waals surface area contributed by atoms with Crippen molar-refractivity contribution in [3.05, 3.63) is 35.2 Å². The number of rotatable bonds is 3. The van der Waals surface area contributed by atoms with Gasteiger partial charge in [-0.2, -0.15) is 5.10 Å². The van der Waals surface area contributed by atoms with E-state index in [9.17, 15) is 4.79 Å². The second kappa shape index (κ2) is 4.64. The topological polar surface area (TPSA) is 90.4 Å². The molecule has 0 aliphatic carbocycles. The number of aryl methyl sites for hydroxylation is 2. The smallest absolute Gasteiger partial charge is 0.337 e. The van der Waals surface area contributed by atoms with E-state index >= 15 is 0 Å². The van der Waals surface area contributed by atoms with Gasteiger partial charge < -0.3 is 15.6 Å². The summed E-state index contributed by atoms with van der Waals surface area (Å²) in [5, 5.41) is 13.2. The molecule has 0 saturated heterocycles. The first-order chi connectivity index (χ1) is 8.90. The van der Waals surface area contributed by atoms with Crippen LogP contribution in [0.15, 0.2) is 18.2 Å². The second-order valence-electron chi connectivity index (χ2n) is 4.28. The zero-order valence-electron chi connectivity index (χ0n) is 11.0. The summed E-state index contributed by atoms with van der Waals surface area (Å²) in [6.07, 6.45) is 0. The summed E-state index contributed by atoms with van der Waals surface area (Å²) in [5.41, 5.74) is 7.44. The first-order valence-electron chi connectivity index (χ1n) is 5.71. The summed E-state index contributed by atoms with van der Waals surface area (Å²) >= 11 is 0. The molecule has 0 atom stereocenters. The molecule has 2 aromatic rings. The number of hydrogen-bond acceptors (Lipinski definition) is 4. The summed E-state index contributed by atoms with van der Waals surface area (Å²) in [7, 11) is 1.82. The van der Waals surface area contributed by atoms with Crippen LogP contribution < -0.4 is 10.5 Å².